The van der Waals surface area contributed by atoms with Gasteiger partial charge in [-0.3, -0.25) is 15.0 Å². The maximum atomic E-state index is 13.7. The van der Waals surface area contributed by atoms with Crippen molar-refractivity contribution in [2.24, 2.45) is 5.92 Å². The number of hydrogen-bond donors (Lipinski definition) is 2. The summed E-state index contributed by atoms with van der Waals surface area (Å²) >= 11 is 0. The number of carbonyl (C=O) groups excluding carboxylic acids is 1. The fourth-order valence-electron chi connectivity index (χ4n) is 4.17. The predicted molar refractivity (Wildman–Crippen MR) is 124 cm³/mol. The molecule has 11 heteroatoms. The lowest BCUT2D eigenvalue weighted by Gasteiger charge is -2.38. The molecule has 2 aromatic rings. The first kappa shape index (κ1) is 27.0. The van der Waals surface area contributed by atoms with Gasteiger partial charge in [-0.25, -0.2) is 13.9 Å². The summed E-state index contributed by atoms with van der Waals surface area (Å²) in [5, 5.41) is 9.48. The Morgan fingerprint density at radius 2 is 1.73 bits per heavy atom. The number of aromatic nitrogens is 1. The molecular weight excluding hydrogens is 470 g/mol. The first-order valence-corrected chi connectivity index (χ1v) is 11.9. The van der Waals surface area contributed by atoms with Gasteiger partial charge in [-0.2, -0.15) is 4.31 Å². The number of hydrogen-bond acceptors (Lipinski definition) is 7. The van der Waals surface area contributed by atoms with Crippen molar-refractivity contribution in [3.05, 3.63) is 54.4 Å². The van der Waals surface area contributed by atoms with Crippen LogP contribution >= 0.6 is 12.4 Å². The Kier molecular flexibility index (Phi) is 10.1. The second-order valence-corrected chi connectivity index (χ2v) is 9.67. The third-order valence-electron chi connectivity index (χ3n) is 5.94. The van der Waals surface area contributed by atoms with Crippen molar-refractivity contribution >= 4 is 28.3 Å². The quantitative estimate of drug-likeness (QED) is 0.402. The summed E-state index contributed by atoms with van der Waals surface area (Å²) in [6.07, 6.45) is 5.83. The van der Waals surface area contributed by atoms with E-state index in [1.807, 2.05) is 0 Å². The Hall–Kier alpha value is -2.24. The fourth-order valence-corrected chi connectivity index (χ4v) is 5.81. The molecule has 182 valence electrons. The number of sulfonamides is 1. The highest BCUT2D eigenvalue weighted by atomic mass is 35.5. The van der Waals surface area contributed by atoms with Gasteiger partial charge >= 0.3 is 0 Å². The van der Waals surface area contributed by atoms with E-state index < -0.39 is 22.0 Å². The highest BCUT2D eigenvalue weighted by Crippen LogP contribution is 2.34. The zero-order chi connectivity index (χ0) is 23.1. The molecule has 1 atom stereocenters. The van der Waals surface area contributed by atoms with Crippen LogP contribution in [-0.2, 0) is 26.1 Å². The number of halogens is 1. The highest BCUT2D eigenvalue weighted by Gasteiger charge is 2.42. The van der Waals surface area contributed by atoms with E-state index in [-0.39, 0.29) is 35.9 Å². The minimum atomic E-state index is -4.09. The van der Waals surface area contributed by atoms with Crippen LogP contribution in [0.4, 0.5) is 0 Å². The lowest BCUT2D eigenvalue weighted by molar-refractivity contribution is -0.136. The average molecular weight is 500 g/mol. The van der Waals surface area contributed by atoms with Crippen LogP contribution in [0.5, 0.6) is 5.75 Å². The topological polar surface area (TPSA) is 118 Å². The summed E-state index contributed by atoms with van der Waals surface area (Å²) in [6, 6.07) is 8.33. The van der Waals surface area contributed by atoms with E-state index in [9.17, 15) is 18.4 Å². The summed E-state index contributed by atoms with van der Waals surface area (Å²) in [7, 11) is -0.950. The Morgan fingerprint density at radius 1 is 1.12 bits per heavy atom. The molecule has 1 fully saturated rings. The van der Waals surface area contributed by atoms with Gasteiger partial charge < -0.3 is 9.47 Å². The second-order valence-electron chi connectivity index (χ2n) is 7.77. The molecule has 1 amide bonds. The van der Waals surface area contributed by atoms with Crippen molar-refractivity contribution in [3.8, 4) is 5.75 Å². The molecule has 1 aromatic carbocycles. The molecule has 1 aromatic heterocycles. The Balaban J connectivity index is 0.00000385. The third-order valence-corrected chi connectivity index (χ3v) is 7.78. The lowest BCUT2D eigenvalue weighted by Crippen LogP contribution is -2.53. The van der Waals surface area contributed by atoms with Gasteiger partial charge in [0.1, 0.15) is 11.8 Å². The van der Waals surface area contributed by atoms with Gasteiger partial charge in [-0.05, 0) is 73.6 Å². The van der Waals surface area contributed by atoms with Crippen LogP contribution in [0.2, 0.25) is 0 Å². The number of nitrogens with zero attached hydrogens (tertiary/aromatic N) is 2. The second kappa shape index (κ2) is 12.3. The first-order chi connectivity index (χ1) is 15.4. The van der Waals surface area contributed by atoms with Crippen molar-refractivity contribution in [1.82, 2.24) is 14.8 Å². The Morgan fingerprint density at radius 3 is 2.24 bits per heavy atom. The molecule has 1 unspecified atom stereocenters. The van der Waals surface area contributed by atoms with Crippen LogP contribution < -0.4 is 10.2 Å². The molecule has 1 saturated carbocycles. The number of hydroxylamine groups is 1. The van der Waals surface area contributed by atoms with Crippen LogP contribution in [0.3, 0.4) is 0 Å². The molecule has 9 nitrogen and oxygen atoms in total. The number of pyridine rings is 1. The summed E-state index contributed by atoms with van der Waals surface area (Å²) < 4.78 is 39.2. The Labute approximate surface area is 200 Å². The molecule has 0 saturated heterocycles. The van der Waals surface area contributed by atoms with Crippen LogP contribution in [-0.4, -0.2) is 55.2 Å². The molecule has 2 N–H and O–H groups in total. The van der Waals surface area contributed by atoms with E-state index in [4.69, 9.17) is 9.47 Å². The summed E-state index contributed by atoms with van der Waals surface area (Å²) in [5.74, 6) is -0.507. The molecule has 0 aliphatic heterocycles. The van der Waals surface area contributed by atoms with E-state index in [0.717, 1.165) is 0 Å². The van der Waals surface area contributed by atoms with Crippen LogP contribution in [0.25, 0.3) is 0 Å². The van der Waals surface area contributed by atoms with Gasteiger partial charge in [0.05, 0.1) is 18.1 Å². The summed E-state index contributed by atoms with van der Waals surface area (Å²) in [5.41, 5.74) is 2.37. The number of benzene rings is 1. The van der Waals surface area contributed by atoms with Gasteiger partial charge in [0, 0.05) is 26.0 Å². The van der Waals surface area contributed by atoms with E-state index in [1.165, 1.54) is 23.5 Å². The minimum Gasteiger partial charge on any atom is -0.497 e. The predicted octanol–water partition coefficient (Wildman–Crippen LogP) is 2.78. The molecular formula is C22H30ClN3O6S. The number of ether oxygens (including phenoxy) is 2. The summed E-state index contributed by atoms with van der Waals surface area (Å²) in [4.78, 5) is 16.9. The largest absolute Gasteiger partial charge is 0.497 e. The minimum absolute atomic E-state index is 0. The fraction of sp³-hybridized carbons (Fsp3) is 0.455. The molecule has 0 radical (unpaired) electrons. The molecule has 0 bridgehead atoms. The zero-order valence-corrected chi connectivity index (χ0v) is 20.2. The van der Waals surface area contributed by atoms with Gasteiger partial charge in [0.25, 0.3) is 5.91 Å². The molecule has 3 rings (SSSR count). The zero-order valence-electron chi connectivity index (χ0n) is 18.6. The molecule has 1 aliphatic carbocycles. The van der Waals surface area contributed by atoms with E-state index in [2.05, 4.69) is 4.98 Å². The smallest absolute Gasteiger partial charge is 0.262 e. The first-order valence-electron chi connectivity index (χ1n) is 10.4. The highest BCUT2D eigenvalue weighted by molar-refractivity contribution is 7.89. The summed E-state index contributed by atoms with van der Waals surface area (Å²) in [6.45, 7) is -0.0425. The van der Waals surface area contributed by atoms with Crippen molar-refractivity contribution in [1.29, 1.82) is 0 Å². The molecule has 0 spiro atoms. The Bertz CT molecular complexity index is 983. The molecule has 1 aliphatic rings. The van der Waals surface area contributed by atoms with Gasteiger partial charge in [-0.1, -0.05) is 0 Å². The van der Waals surface area contributed by atoms with E-state index >= 15 is 0 Å². The van der Waals surface area contributed by atoms with E-state index in [0.29, 0.717) is 37.0 Å². The van der Waals surface area contributed by atoms with E-state index in [1.54, 1.807) is 49.2 Å². The number of methoxy groups -OCH3 is 2. The van der Waals surface area contributed by atoms with Crippen molar-refractivity contribution < 1.29 is 27.9 Å². The SMILES string of the molecule is COc1ccc(S(=O)(=O)N(Cc2ccncc2)C(C(=O)NO)[C@H]2CC[C@H](OC)CC2)cc1.Cl. The van der Waals surface area contributed by atoms with Crippen LogP contribution in [0.15, 0.2) is 53.7 Å². The third kappa shape index (κ3) is 6.42. The van der Waals surface area contributed by atoms with Gasteiger partial charge in [0.15, 0.2) is 0 Å². The average Bonchev–Trinajstić information content (AvgIpc) is 2.84. The maximum Gasteiger partial charge on any atom is 0.262 e. The monoisotopic (exact) mass is 499 g/mol. The number of amides is 1. The number of rotatable bonds is 9. The van der Waals surface area contributed by atoms with Gasteiger partial charge in [-0.15, -0.1) is 12.4 Å². The van der Waals surface area contributed by atoms with Crippen LogP contribution in [0, 0.1) is 5.92 Å². The lowest BCUT2D eigenvalue weighted by atomic mass is 9.82. The molecule has 33 heavy (non-hydrogen) atoms. The van der Waals surface area contributed by atoms with Crippen molar-refractivity contribution in [3.63, 3.8) is 0 Å². The van der Waals surface area contributed by atoms with Crippen molar-refractivity contribution in [2.45, 2.75) is 49.3 Å². The van der Waals surface area contributed by atoms with Gasteiger partial charge in [0.2, 0.25) is 10.0 Å². The normalized spacial score (nSPS) is 19.4. The number of carbonyl (C=O) groups is 1. The maximum absolute atomic E-state index is 13.7. The molecule has 1 heterocycles. The number of nitrogens with one attached hydrogen (secondary N) is 1. The standard InChI is InChI=1S/C22H29N3O6S.ClH/c1-30-18-5-3-17(4-6-18)21(22(26)24-27)25(15-16-11-13-23-14-12-16)32(28,29)20-9-7-19(31-2)8-10-20;/h7-14,17-18,21,27H,3-6,15H2,1-2H3,(H,24,26);1H/t17-,18-,21?;. The van der Waals surface area contributed by atoms with Crippen molar-refractivity contribution in [2.75, 3.05) is 14.2 Å². The van der Waals surface area contributed by atoms with Crippen LogP contribution in [0.1, 0.15) is 31.2 Å².